The van der Waals surface area contributed by atoms with E-state index in [1.807, 2.05) is 0 Å². The van der Waals surface area contributed by atoms with Gasteiger partial charge in [-0.2, -0.15) is 0 Å². The average Bonchev–Trinajstić information content (AvgIpc) is 2.21. The van der Waals surface area contributed by atoms with Crippen molar-refractivity contribution >= 4 is 0 Å². The van der Waals surface area contributed by atoms with Crippen molar-refractivity contribution in [2.75, 3.05) is 13.2 Å². The quantitative estimate of drug-likeness (QED) is 0.725. The molecule has 0 aliphatic heterocycles. The molecule has 0 bridgehead atoms. The molecule has 110 valence electrons. The number of hydrogen-bond acceptors (Lipinski definition) is 3. The molecule has 0 rings (SSSR count). The lowest BCUT2D eigenvalue weighted by Gasteiger charge is -2.42. The van der Waals surface area contributed by atoms with Gasteiger partial charge >= 0.3 is 0 Å². The molecule has 1 atom stereocenters. The molecule has 0 radical (unpaired) electrons. The summed E-state index contributed by atoms with van der Waals surface area (Å²) in [4.78, 5) is 4.87. The number of nitrogens with zero attached hydrogens (tertiary/aromatic N) is 2. The molecule has 0 amide bonds. The fraction of sp³-hybridized carbons (Fsp3) is 1.00. The van der Waals surface area contributed by atoms with Gasteiger partial charge in [-0.3, -0.25) is 9.80 Å². The van der Waals surface area contributed by atoms with Crippen LogP contribution in [-0.2, 0) is 0 Å². The summed E-state index contributed by atoms with van der Waals surface area (Å²) in [6.07, 6.45) is 0. The second-order valence-electron chi connectivity index (χ2n) is 6.36. The van der Waals surface area contributed by atoms with Crippen molar-refractivity contribution in [3.05, 3.63) is 0 Å². The van der Waals surface area contributed by atoms with Crippen LogP contribution < -0.4 is 0 Å². The van der Waals surface area contributed by atoms with Crippen LogP contribution >= 0.6 is 0 Å². The van der Waals surface area contributed by atoms with E-state index in [4.69, 9.17) is 0 Å². The Morgan fingerprint density at radius 3 is 1.33 bits per heavy atom. The molecule has 0 aromatic carbocycles. The van der Waals surface area contributed by atoms with Crippen molar-refractivity contribution in [2.24, 2.45) is 0 Å². The molecule has 0 spiro atoms. The van der Waals surface area contributed by atoms with Crippen molar-refractivity contribution in [1.29, 1.82) is 0 Å². The zero-order valence-electron chi connectivity index (χ0n) is 13.6. The Bertz CT molecular complexity index is 199. The summed E-state index contributed by atoms with van der Waals surface area (Å²) >= 11 is 0. The molecule has 3 heteroatoms. The summed E-state index contributed by atoms with van der Waals surface area (Å²) in [5.41, 5.74) is 0. The second kappa shape index (κ2) is 8.13. The van der Waals surface area contributed by atoms with E-state index in [-0.39, 0.29) is 12.6 Å². The van der Waals surface area contributed by atoms with Crippen LogP contribution in [0.2, 0.25) is 0 Å². The van der Waals surface area contributed by atoms with E-state index in [0.717, 1.165) is 6.54 Å². The maximum atomic E-state index is 9.74. The topological polar surface area (TPSA) is 26.7 Å². The monoisotopic (exact) mass is 258 g/mol. The highest BCUT2D eigenvalue weighted by atomic mass is 16.3. The van der Waals surface area contributed by atoms with Crippen LogP contribution in [0.1, 0.15) is 55.4 Å². The fourth-order valence-corrected chi connectivity index (χ4v) is 2.95. The fourth-order valence-electron chi connectivity index (χ4n) is 2.95. The summed E-state index contributed by atoms with van der Waals surface area (Å²) in [5.74, 6) is 0. The summed E-state index contributed by atoms with van der Waals surface area (Å²) in [6.45, 7) is 18.9. The van der Waals surface area contributed by atoms with Gasteiger partial charge in [0.05, 0.1) is 6.61 Å². The molecule has 1 unspecified atom stereocenters. The minimum atomic E-state index is 0.217. The van der Waals surface area contributed by atoms with Crippen LogP contribution in [0, 0.1) is 0 Å². The lowest BCUT2D eigenvalue weighted by atomic mass is 10.1. The van der Waals surface area contributed by atoms with Crippen LogP contribution in [-0.4, -0.2) is 58.3 Å². The molecular weight excluding hydrogens is 224 g/mol. The third-order valence-corrected chi connectivity index (χ3v) is 3.57. The standard InChI is InChI=1S/C15H34N2O/c1-11(2)16(12(3)4)9-15(10-18)17(13(5)6)14(7)8/h11-15,18H,9-10H2,1-8H3. The Morgan fingerprint density at radius 2 is 1.11 bits per heavy atom. The highest BCUT2D eigenvalue weighted by molar-refractivity contribution is 4.82. The largest absolute Gasteiger partial charge is 0.395 e. The molecule has 1 N–H and O–H groups in total. The lowest BCUT2D eigenvalue weighted by Crippen LogP contribution is -2.54. The first-order valence-electron chi connectivity index (χ1n) is 7.36. The van der Waals surface area contributed by atoms with Gasteiger partial charge in [0.25, 0.3) is 0 Å². The van der Waals surface area contributed by atoms with E-state index in [1.54, 1.807) is 0 Å². The van der Waals surface area contributed by atoms with Gasteiger partial charge < -0.3 is 5.11 Å². The zero-order chi connectivity index (χ0) is 14.5. The summed E-state index contributed by atoms with van der Waals surface area (Å²) in [7, 11) is 0. The molecule has 0 aromatic heterocycles. The Balaban J connectivity index is 4.84. The zero-order valence-corrected chi connectivity index (χ0v) is 13.6. The van der Waals surface area contributed by atoms with Crippen LogP contribution in [0.25, 0.3) is 0 Å². The van der Waals surface area contributed by atoms with Crippen molar-refractivity contribution in [2.45, 2.75) is 85.6 Å². The Labute approximate surface area is 114 Å². The summed E-state index contributed by atoms with van der Waals surface area (Å²) in [6, 6.07) is 2.17. The van der Waals surface area contributed by atoms with Gasteiger partial charge in [0.15, 0.2) is 0 Å². The average molecular weight is 258 g/mol. The number of aliphatic hydroxyl groups excluding tert-OH is 1. The Kier molecular flexibility index (Phi) is 8.08. The van der Waals surface area contributed by atoms with E-state index in [9.17, 15) is 5.11 Å². The van der Waals surface area contributed by atoms with Gasteiger partial charge in [-0.25, -0.2) is 0 Å². The highest BCUT2D eigenvalue weighted by Gasteiger charge is 2.27. The highest BCUT2D eigenvalue weighted by Crippen LogP contribution is 2.15. The first-order valence-corrected chi connectivity index (χ1v) is 7.36. The summed E-state index contributed by atoms with van der Waals surface area (Å²) < 4.78 is 0. The Morgan fingerprint density at radius 1 is 0.722 bits per heavy atom. The molecule has 18 heavy (non-hydrogen) atoms. The van der Waals surface area contributed by atoms with Gasteiger partial charge in [-0.1, -0.05) is 0 Å². The van der Waals surface area contributed by atoms with Gasteiger partial charge in [-0.15, -0.1) is 0 Å². The number of aliphatic hydroxyl groups is 1. The molecule has 0 aliphatic rings. The van der Waals surface area contributed by atoms with Gasteiger partial charge in [0, 0.05) is 36.8 Å². The van der Waals surface area contributed by atoms with Crippen molar-refractivity contribution in [3.63, 3.8) is 0 Å². The molecule has 0 saturated carbocycles. The minimum absolute atomic E-state index is 0.217. The minimum Gasteiger partial charge on any atom is -0.395 e. The third kappa shape index (κ3) is 5.25. The van der Waals surface area contributed by atoms with Crippen molar-refractivity contribution in [1.82, 2.24) is 9.80 Å². The molecule has 0 heterocycles. The predicted molar refractivity (Wildman–Crippen MR) is 80.0 cm³/mol. The number of hydrogen-bond donors (Lipinski definition) is 1. The number of rotatable bonds is 8. The van der Waals surface area contributed by atoms with E-state index in [1.165, 1.54) is 0 Å². The maximum Gasteiger partial charge on any atom is 0.0599 e. The van der Waals surface area contributed by atoms with Crippen LogP contribution in [0.5, 0.6) is 0 Å². The Hall–Kier alpha value is -0.120. The van der Waals surface area contributed by atoms with Gasteiger partial charge in [0.1, 0.15) is 0 Å². The molecule has 3 nitrogen and oxygen atoms in total. The lowest BCUT2D eigenvalue weighted by molar-refractivity contribution is 0.0271. The first-order chi connectivity index (χ1) is 8.22. The molecule has 0 aromatic rings. The van der Waals surface area contributed by atoms with Crippen LogP contribution in [0.15, 0.2) is 0 Å². The maximum absolute atomic E-state index is 9.74. The van der Waals surface area contributed by atoms with Crippen LogP contribution in [0.3, 0.4) is 0 Å². The van der Waals surface area contributed by atoms with Crippen LogP contribution in [0.4, 0.5) is 0 Å². The second-order valence-corrected chi connectivity index (χ2v) is 6.36. The van der Waals surface area contributed by atoms with E-state index >= 15 is 0 Å². The smallest absolute Gasteiger partial charge is 0.0599 e. The van der Waals surface area contributed by atoms with Crippen molar-refractivity contribution in [3.8, 4) is 0 Å². The third-order valence-electron chi connectivity index (χ3n) is 3.57. The van der Waals surface area contributed by atoms with Gasteiger partial charge in [-0.05, 0) is 55.4 Å². The molecule has 0 saturated heterocycles. The summed E-state index contributed by atoms with van der Waals surface area (Å²) in [5, 5.41) is 9.74. The van der Waals surface area contributed by atoms with Gasteiger partial charge in [0.2, 0.25) is 0 Å². The first kappa shape index (κ1) is 17.9. The predicted octanol–water partition coefficient (Wildman–Crippen LogP) is 2.58. The molecule has 0 aliphatic carbocycles. The SMILES string of the molecule is CC(C)N(CC(CO)N(C(C)C)C(C)C)C(C)C. The molecule has 0 fully saturated rings. The van der Waals surface area contributed by atoms with E-state index in [0.29, 0.717) is 24.2 Å². The van der Waals surface area contributed by atoms with Crippen molar-refractivity contribution < 1.29 is 5.11 Å². The van der Waals surface area contributed by atoms with E-state index < -0.39 is 0 Å². The van der Waals surface area contributed by atoms with E-state index in [2.05, 4.69) is 65.2 Å². The molecular formula is C15H34N2O. The normalized spacial score (nSPS) is 14.8.